The molecule has 3 rings (SSSR count). The summed E-state index contributed by atoms with van der Waals surface area (Å²) in [5.74, 6) is -1.07. The van der Waals surface area contributed by atoms with Gasteiger partial charge in [0.15, 0.2) is 10.9 Å². The van der Waals surface area contributed by atoms with Crippen LogP contribution in [0.15, 0.2) is 27.7 Å². The average molecular weight is 338 g/mol. The summed E-state index contributed by atoms with van der Waals surface area (Å²) in [6.07, 6.45) is 0. The number of aromatic nitrogens is 5. The third-order valence-corrected chi connectivity index (χ3v) is 4.38. The molecule has 1 aromatic carbocycles. The first kappa shape index (κ1) is 14.3. The van der Waals surface area contributed by atoms with E-state index in [1.807, 2.05) is 0 Å². The number of hydrogen-bond acceptors (Lipinski definition) is 9. The normalized spacial score (nSPS) is 10.9. The molecule has 112 valence electrons. The Balaban J connectivity index is 1.83. The number of tetrazole rings is 1. The van der Waals surface area contributed by atoms with Crippen molar-refractivity contribution in [1.82, 2.24) is 25.2 Å². The highest BCUT2D eigenvalue weighted by Crippen LogP contribution is 2.33. The molecule has 10 nitrogen and oxygen atoms in total. The second kappa shape index (κ2) is 5.65. The molecule has 0 fully saturated rings. The van der Waals surface area contributed by atoms with E-state index in [-0.39, 0.29) is 17.4 Å². The van der Waals surface area contributed by atoms with Gasteiger partial charge < -0.3 is 5.11 Å². The van der Waals surface area contributed by atoms with Gasteiger partial charge >= 0.3 is 5.97 Å². The zero-order valence-electron chi connectivity index (χ0n) is 10.6. The largest absolute Gasteiger partial charge is 0.480 e. The molecule has 0 aliphatic heterocycles. The lowest BCUT2D eigenvalue weighted by Crippen LogP contribution is -2.11. The summed E-state index contributed by atoms with van der Waals surface area (Å²) >= 11 is 2.38. The minimum Gasteiger partial charge on any atom is -0.480 e. The minimum atomic E-state index is -1.07. The van der Waals surface area contributed by atoms with Gasteiger partial charge in [0.1, 0.15) is 0 Å². The third kappa shape index (κ3) is 3.01. The summed E-state index contributed by atoms with van der Waals surface area (Å²) in [5, 5.41) is 30.9. The van der Waals surface area contributed by atoms with Crippen LogP contribution in [0.2, 0.25) is 0 Å². The van der Waals surface area contributed by atoms with E-state index in [4.69, 9.17) is 5.11 Å². The summed E-state index contributed by atoms with van der Waals surface area (Å²) in [7, 11) is 0. The summed E-state index contributed by atoms with van der Waals surface area (Å²) in [5.41, 5.74) is 0.634. The maximum absolute atomic E-state index is 10.7. The number of nitrogens with zero attached hydrogens (tertiary/aromatic N) is 6. The molecule has 0 unspecified atom stereocenters. The van der Waals surface area contributed by atoms with Crippen LogP contribution in [0.1, 0.15) is 0 Å². The topological polar surface area (TPSA) is 137 Å². The minimum absolute atomic E-state index is 0.00164. The molecule has 0 bridgehead atoms. The molecule has 0 saturated heterocycles. The number of benzene rings is 1. The number of aliphatic carboxylic acids is 1. The number of rotatable bonds is 5. The Morgan fingerprint density at radius 1 is 1.50 bits per heavy atom. The SMILES string of the molecule is O=C(O)Cn1nnc(Sc2nc3ccc([N+](=O)[O-])cc3s2)n1. The molecule has 3 aromatic rings. The van der Waals surface area contributed by atoms with Crippen LogP contribution < -0.4 is 0 Å². The van der Waals surface area contributed by atoms with E-state index in [0.717, 1.165) is 16.6 Å². The van der Waals surface area contributed by atoms with Gasteiger partial charge in [-0.3, -0.25) is 14.9 Å². The van der Waals surface area contributed by atoms with E-state index in [1.165, 1.54) is 23.5 Å². The molecule has 2 heterocycles. The van der Waals surface area contributed by atoms with Crippen molar-refractivity contribution < 1.29 is 14.8 Å². The third-order valence-electron chi connectivity index (χ3n) is 2.45. The van der Waals surface area contributed by atoms with Crippen LogP contribution in [0.4, 0.5) is 5.69 Å². The number of fused-ring (bicyclic) bond motifs is 1. The molecule has 0 aliphatic rings. The van der Waals surface area contributed by atoms with Crippen LogP contribution in [0.5, 0.6) is 0 Å². The van der Waals surface area contributed by atoms with E-state index in [1.54, 1.807) is 6.07 Å². The Bertz CT molecular complexity index is 875. The number of hydrogen-bond donors (Lipinski definition) is 1. The van der Waals surface area contributed by atoms with Crippen LogP contribution in [0.3, 0.4) is 0 Å². The first-order valence-electron chi connectivity index (χ1n) is 5.74. The Hall–Kier alpha value is -2.60. The van der Waals surface area contributed by atoms with Crippen molar-refractivity contribution in [1.29, 1.82) is 0 Å². The lowest BCUT2D eigenvalue weighted by atomic mass is 10.3. The second-order valence-electron chi connectivity index (χ2n) is 3.99. The highest BCUT2D eigenvalue weighted by Gasteiger charge is 2.13. The number of nitro groups is 1. The fourth-order valence-electron chi connectivity index (χ4n) is 1.58. The Morgan fingerprint density at radius 2 is 2.32 bits per heavy atom. The fraction of sp³-hybridized carbons (Fsp3) is 0.100. The first-order chi connectivity index (χ1) is 10.5. The molecule has 22 heavy (non-hydrogen) atoms. The van der Waals surface area contributed by atoms with Crippen LogP contribution >= 0.6 is 23.1 Å². The first-order valence-corrected chi connectivity index (χ1v) is 7.37. The van der Waals surface area contributed by atoms with Crippen LogP contribution in [0.25, 0.3) is 10.2 Å². The molecule has 0 radical (unpaired) electrons. The van der Waals surface area contributed by atoms with Gasteiger partial charge in [-0.05, 0) is 23.0 Å². The Morgan fingerprint density at radius 3 is 3.05 bits per heavy atom. The molecular formula is C10H6N6O4S2. The van der Waals surface area contributed by atoms with E-state index in [2.05, 4.69) is 20.4 Å². The van der Waals surface area contributed by atoms with E-state index >= 15 is 0 Å². The molecular weight excluding hydrogens is 332 g/mol. The molecule has 0 aliphatic carbocycles. The van der Waals surface area contributed by atoms with E-state index in [9.17, 15) is 14.9 Å². The van der Waals surface area contributed by atoms with Gasteiger partial charge in [-0.2, -0.15) is 4.80 Å². The quantitative estimate of drug-likeness (QED) is 0.540. The van der Waals surface area contributed by atoms with E-state index in [0.29, 0.717) is 14.6 Å². The predicted molar refractivity (Wildman–Crippen MR) is 75.9 cm³/mol. The maximum atomic E-state index is 10.7. The van der Waals surface area contributed by atoms with Gasteiger partial charge in [-0.1, -0.05) is 0 Å². The summed E-state index contributed by atoms with van der Waals surface area (Å²) in [6.45, 7) is -0.375. The van der Waals surface area contributed by atoms with E-state index < -0.39 is 10.9 Å². The van der Waals surface area contributed by atoms with Crippen LogP contribution in [0, 0.1) is 10.1 Å². The molecule has 0 amide bonds. The number of carboxylic acids is 1. The van der Waals surface area contributed by atoms with Crippen molar-refractivity contribution in [2.45, 2.75) is 16.0 Å². The van der Waals surface area contributed by atoms with Crippen molar-refractivity contribution in [3.8, 4) is 0 Å². The van der Waals surface area contributed by atoms with Gasteiger partial charge in [0.05, 0.1) is 15.1 Å². The lowest BCUT2D eigenvalue weighted by molar-refractivity contribution is -0.384. The molecule has 0 spiro atoms. The van der Waals surface area contributed by atoms with Crippen molar-refractivity contribution in [3.63, 3.8) is 0 Å². The summed E-state index contributed by atoms with van der Waals surface area (Å²) < 4.78 is 1.26. The van der Waals surface area contributed by atoms with Crippen molar-refractivity contribution in [2.24, 2.45) is 0 Å². The number of non-ortho nitro benzene ring substituents is 1. The number of carbonyl (C=O) groups is 1. The summed E-state index contributed by atoms with van der Waals surface area (Å²) in [6, 6.07) is 4.41. The highest BCUT2D eigenvalue weighted by molar-refractivity contribution is 8.01. The van der Waals surface area contributed by atoms with Gasteiger partial charge in [-0.15, -0.1) is 21.5 Å². The summed E-state index contributed by atoms with van der Waals surface area (Å²) in [4.78, 5) is 26.1. The zero-order chi connectivity index (χ0) is 15.7. The Labute approximate surface area is 129 Å². The zero-order valence-corrected chi connectivity index (χ0v) is 12.2. The standard InChI is InChI=1S/C10H6N6O4S2/c17-8(18)4-15-13-9(12-14-15)22-10-11-6-2-1-5(16(19)20)3-7(6)21-10/h1-3H,4H2,(H,17,18). The molecule has 0 atom stereocenters. The average Bonchev–Trinajstić information content (AvgIpc) is 3.03. The monoisotopic (exact) mass is 338 g/mol. The van der Waals surface area contributed by atoms with Crippen molar-refractivity contribution in [2.75, 3.05) is 0 Å². The molecule has 1 N–H and O–H groups in total. The predicted octanol–water partition coefficient (Wildman–Crippen LogP) is 1.43. The second-order valence-corrected chi connectivity index (χ2v) is 6.23. The highest BCUT2D eigenvalue weighted by atomic mass is 32.2. The number of thiazole rings is 1. The molecule has 0 saturated carbocycles. The van der Waals surface area contributed by atoms with Crippen LogP contribution in [-0.2, 0) is 11.3 Å². The van der Waals surface area contributed by atoms with Gasteiger partial charge in [0, 0.05) is 12.1 Å². The number of nitro benzene ring substituents is 1. The van der Waals surface area contributed by atoms with Crippen LogP contribution in [-0.4, -0.2) is 41.2 Å². The lowest BCUT2D eigenvalue weighted by Gasteiger charge is -1.89. The molecule has 2 aromatic heterocycles. The maximum Gasteiger partial charge on any atom is 0.327 e. The smallest absolute Gasteiger partial charge is 0.327 e. The van der Waals surface area contributed by atoms with Gasteiger partial charge in [0.2, 0.25) is 5.16 Å². The van der Waals surface area contributed by atoms with Crippen molar-refractivity contribution in [3.05, 3.63) is 28.3 Å². The fourth-order valence-corrected chi connectivity index (χ4v) is 3.49. The number of carboxylic acid groups (broad SMARTS) is 1. The van der Waals surface area contributed by atoms with Gasteiger partial charge in [-0.25, -0.2) is 4.98 Å². The van der Waals surface area contributed by atoms with Gasteiger partial charge in [0.25, 0.3) is 5.69 Å². The van der Waals surface area contributed by atoms with Crippen molar-refractivity contribution >= 4 is 45.0 Å². The molecule has 12 heteroatoms. The Kier molecular flexibility index (Phi) is 3.68.